The van der Waals surface area contributed by atoms with Crippen molar-refractivity contribution in [2.75, 3.05) is 28.4 Å². The van der Waals surface area contributed by atoms with Crippen LogP contribution in [0.15, 0.2) is 109 Å². The second-order valence-corrected chi connectivity index (χ2v) is 8.92. The number of ketones is 3. The van der Waals surface area contributed by atoms with Crippen LogP contribution in [-0.2, 0) is 30.5 Å². The minimum absolute atomic E-state index is 0.265. The summed E-state index contributed by atoms with van der Waals surface area (Å²) in [6.45, 7) is 0. The van der Waals surface area contributed by atoms with Gasteiger partial charge < -0.3 is 18.9 Å². The second-order valence-electron chi connectivity index (χ2n) is 8.92. The SMILES string of the molecule is COC(OC)(C(=O)c1ccc(C(=O)c2ccc(C(=O)C(OC)(OC)c3ccccc3)cc2)cc1)c1ccccc1. The highest BCUT2D eigenvalue weighted by molar-refractivity contribution is 6.10. The van der Waals surface area contributed by atoms with Crippen LogP contribution >= 0.6 is 0 Å². The van der Waals surface area contributed by atoms with Crippen LogP contribution in [0.1, 0.15) is 47.8 Å². The summed E-state index contributed by atoms with van der Waals surface area (Å²) < 4.78 is 22.2. The standard InChI is InChI=1S/C33H30O7/c1-37-32(38-2,27-11-7-5-8-12-27)30(35)25-19-15-23(16-20-25)29(34)24-17-21-26(22-18-24)31(36)33(39-3,40-4)28-13-9-6-10-14-28/h5-22H,1-4H3. The maximum atomic E-state index is 13.4. The summed E-state index contributed by atoms with van der Waals surface area (Å²) in [7, 11) is 5.63. The second kappa shape index (κ2) is 12.3. The van der Waals surface area contributed by atoms with Crippen LogP contribution in [0.5, 0.6) is 0 Å². The molecule has 4 aromatic rings. The van der Waals surface area contributed by atoms with E-state index in [4.69, 9.17) is 18.9 Å². The number of methoxy groups -OCH3 is 4. The summed E-state index contributed by atoms with van der Waals surface area (Å²) in [5.41, 5.74) is 2.50. The van der Waals surface area contributed by atoms with E-state index in [2.05, 4.69) is 0 Å². The first-order valence-electron chi connectivity index (χ1n) is 12.5. The molecule has 0 heterocycles. The molecular weight excluding hydrogens is 508 g/mol. The summed E-state index contributed by atoms with van der Waals surface area (Å²) >= 11 is 0. The summed E-state index contributed by atoms with van der Waals surface area (Å²) in [6, 6.07) is 30.4. The molecule has 0 aliphatic rings. The van der Waals surface area contributed by atoms with Gasteiger partial charge in [-0.05, 0) is 0 Å². The average Bonchev–Trinajstić information content (AvgIpc) is 3.03. The molecule has 7 heteroatoms. The first-order chi connectivity index (χ1) is 19.4. The zero-order valence-corrected chi connectivity index (χ0v) is 22.8. The molecule has 204 valence electrons. The zero-order chi connectivity index (χ0) is 28.8. The van der Waals surface area contributed by atoms with E-state index in [1.54, 1.807) is 97.1 Å². The van der Waals surface area contributed by atoms with Crippen molar-refractivity contribution in [3.05, 3.63) is 143 Å². The molecule has 0 amide bonds. The normalized spacial score (nSPS) is 11.7. The minimum Gasteiger partial charge on any atom is -0.343 e. The molecule has 7 nitrogen and oxygen atoms in total. The van der Waals surface area contributed by atoms with Gasteiger partial charge >= 0.3 is 0 Å². The molecule has 0 spiro atoms. The zero-order valence-electron chi connectivity index (χ0n) is 22.8. The molecule has 0 radical (unpaired) electrons. The van der Waals surface area contributed by atoms with Gasteiger partial charge in [0.25, 0.3) is 11.6 Å². The highest BCUT2D eigenvalue weighted by Crippen LogP contribution is 2.32. The highest BCUT2D eigenvalue weighted by Gasteiger charge is 2.42. The first kappa shape index (κ1) is 28.7. The number of benzene rings is 4. The Balaban J connectivity index is 1.56. The number of hydrogen-bond acceptors (Lipinski definition) is 7. The van der Waals surface area contributed by atoms with Crippen molar-refractivity contribution in [2.45, 2.75) is 11.6 Å². The van der Waals surface area contributed by atoms with Crippen molar-refractivity contribution in [3.8, 4) is 0 Å². The molecular formula is C33H30O7. The molecule has 4 rings (SSSR count). The van der Waals surface area contributed by atoms with Gasteiger partial charge in [-0.15, -0.1) is 0 Å². The lowest BCUT2D eigenvalue weighted by molar-refractivity contribution is -0.176. The highest BCUT2D eigenvalue weighted by atomic mass is 16.7. The quantitative estimate of drug-likeness (QED) is 0.172. The van der Waals surface area contributed by atoms with Gasteiger partial charge in [0.2, 0.25) is 11.6 Å². The predicted octanol–water partition coefficient (Wildman–Crippen LogP) is 5.57. The third kappa shape index (κ3) is 5.15. The molecule has 0 saturated heterocycles. The molecule has 0 aromatic heterocycles. The Labute approximate surface area is 233 Å². The predicted molar refractivity (Wildman–Crippen MR) is 149 cm³/mol. The summed E-state index contributed by atoms with van der Waals surface area (Å²) in [5, 5.41) is 0. The molecule has 0 bridgehead atoms. The van der Waals surface area contributed by atoms with Gasteiger partial charge in [-0.2, -0.15) is 0 Å². The van der Waals surface area contributed by atoms with Gasteiger partial charge in [0.1, 0.15) is 0 Å². The van der Waals surface area contributed by atoms with Crippen molar-refractivity contribution in [1.29, 1.82) is 0 Å². The number of ether oxygens (including phenoxy) is 4. The Morgan fingerprint density at radius 2 is 0.700 bits per heavy atom. The number of carbonyl (C=O) groups is 3. The molecule has 0 aliphatic carbocycles. The molecule has 0 atom stereocenters. The van der Waals surface area contributed by atoms with E-state index in [1.165, 1.54) is 28.4 Å². The van der Waals surface area contributed by atoms with E-state index < -0.39 is 23.1 Å². The number of Topliss-reactive ketones (excluding diaryl/α,β-unsaturated/α-hetero) is 2. The molecule has 0 aliphatic heterocycles. The minimum atomic E-state index is -1.62. The van der Waals surface area contributed by atoms with E-state index in [1.807, 2.05) is 12.1 Å². The first-order valence-corrected chi connectivity index (χ1v) is 12.5. The third-order valence-electron chi connectivity index (χ3n) is 6.87. The van der Waals surface area contributed by atoms with Crippen LogP contribution in [0.4, 0.5) is 0 Å². The largest absolute Gasteiger partial charge is 0.343 e. The molecule has 40 heavy (non-hydrogen) atoms. The van der Waals surface area contributed by atoms with E-state index >= 15 is 0 Å². The van der Waals surface area contributed by atoms with E-state index in [0.717, 1.165) is 0 Å². The van der Waals surface area contributed by atoms with Crippen LogP contribution < -0.4 is 0 Å². The Kier molecular flexibility index (Phi) is 8.82. The van der Waals surface area contributed by atoms with Crippen molar-refractivity contribution in [1.82, 2.24) is 0 Å². The van der Waals surface area contributed by atoms with Crippen molar-refractivity contribution >= 4 is 17.3 Å². The van der Waals surface area contributed by atoms with Crippen LogP contribution in [-0.4, -0.2) is 45.8 Å². The van der Waals surface area contributed by atoms with Crippen LogP contribution in [0, 0.1) is 0 Å². The summed E-state index contributed by atoms with van der Waals surface area (Å²) in [4.78, 5) is 40.1. The van der Waals surface area contributed by atoms with Crippen molar-refractivity contribution in [3.63, 3.8) is 0 Å². The number of hydrogen-bond donors (Lipinski definition) is 0. The maximum Gasteiger partial charge on any atom is 0.260 e. The Morgan fingerprint density at radius 1 is 0.425 bits per heavy atom. The fraction of sp³-hybridized carbons (Fsp3) is 0.182. The van der Waals surface area contributed by atoms with E-state index in [9.17, 15) is 14.4 Å². The molecule has 0 N–H and O–H groups in total. The van der Waals surface area contributed by atoms with Gasteiger partial charge in [-0.25, -0.2) is 0 Å². The molecule has 0 saturated carbocycles. The Hall–Kier alpha value is -4.27. The van der Waals surface area contributed by atoms with E-state index in [0.29, 0.717) is 33.4 Å². The summed E-state index contributed by atoms with van der Waals surface area (Å²) in [5.74, 6) is -4.30. The lowest BCUT2D eigenvalue weighted by Crippen LogP contribution is -2.40. The lowest BCUT2D eigenvalue weighted by Gasteiger charge is -2.29. The van der Waals surface area contributed by atoms with Gasteiger partial charge in [-0.1, -0.05) is 109 Å². The fourth-order valence-corrected chi connectivity index (χ4v) is 4.68. The summed E-state index contributed by atoms with van der Waals surface area (Å²) in [6.07, 6.45) is 0. The molecule has 0 unspecified atom stereocenters. The lowest BCUT2D eigenvalue weighted by atomic mass is 9.93. The van der Waals surface area contributed by atoms with Crippen molar-refractivity contribution < 1.29 is 33.3 Å². The third-order valence-corrected chi connectivity index (χ3v) is 6.87. The van der Waals surface area contributed by atoms with Crippen molar-refractivity contribution in [2.24, 2.45) is 0 Å². The molecule has 0 fully saturated rings. The smallest absolute Gasteiger partial charge is 0.260 e. The number of rotatable bonds is 12. The van der Waals surface area contributed by atoms with Crippen LogP contribution in [0.2, 0.25) is 0 Å². The van der Waals surface area contributed by atoms with Gasteiger partial charge in [-0.3, -0.25) is 14.4 Å². The molecule has 4 aromatic carbocycles. The topological polar surface area (TPSA) is 88.1 Å². The van der Waals surface area contributed by atoms with Crippen LogP contribution in [0.25, 0.3) is 0 Å². The van der Waals surface area contributed by atoms with Gasteiger partial charge in [0.15, 0.2) is 5.78 Å². The maximum absolute atomic E-state index is 13.4. The van der Waals surface area contributed by atoms with E-state index in [-0.39, 0.29) is 5.78 Å². The monoisotopic (exact) mass is 538 g/mol. The van der Waals surface area contributed by atoms with Gasteiger partial charge in [0, 0.05) is 61.8 Å². The Morgan fingerprint density at radius 3 is 0.975 bits per heavy atom. The Bertz CT molecular complexity index is 1340. The van der Waals surface area contributed by atoms with Crippen LogP contribution in [0.3, 0.4) is 0 Å². The average molecular weight is 539 g/mol. The van der Waals surface area contributed by atoms with Gasteiger partial charge in [0.05, 0.1) is 0 Å². The number of carbonyl (C=O) groups excluding carboxylic acids is 3. The fourth-order valence-electron chi connectivity index (χ4n) is 4.68.